The van der Waals surface area contributed by atoms with Gasteiger partial charge in [0, 0.05) is 12.0 Å². The molecule has 24 heavy (non-hydrogen) atoms. The number of aryl methyl sites for hydroxylation is 1. The molecule has 0 amide bonds. The van der Waals surface area contributed by atoms with E-state index in [1.165, 1.54) is 12.6 Å². The highest BCUT2D eigenvalue weighted by Gasteiger charge is 2.31. The molecule has 118 valence electrons. The largest absolute Gasteiger partial charge is 0.478 e. The number of hydrogen-bond acceptors (Lipinski definition) is 6. The second-order valence-corrected chi connectivity index (χ2v) is 5.40. The summed E-state index contributed by atoms with van der Waals surface area (Å²) in [5.74, 6) is -0.487. The molecule has 1 aliphatic rings. The van der Waals surface area contributed by atoms with Crippen LogP contribution >= 0.6 is 0 Å². The summed E-state index contributed by atoms with van der Waals surface area (Å²) in [6.07, 6.45) is 5.40. The van der Waals surface area contributed by atoms with Crippen molar-refractivity contribution in [3.63, 3.8) is 0 Å². The van der Waals surface area contributed by atoms with Gasteiger partial charge in [-0.3, -0.25) is 0 Å². The lowest BCUT2D eigenvalue weighted by Crippen LogP contribution is -2.12. The molecule has 4 rings (SSSR count). The van der Waals surface area contributed by atoms with Gasteiger partial charge in [0.15, 0.2) is 0 Å². The number of imidazole rings is 1. The molecule has 0 saturated carbocycles. The van der Waals surface area contributed by atoms with Gasteiger partial charge in [-0.25, -0.2) is 14.8 Å². The Bertz CT molecular complexity index is 1010. The van der Waals surface area contributed by atoms with E-state index >= 15 is 0 Å². The molecule has 0 atom stereocenters. The molecule has 8 heteroatoms. The van der Waals surface area contributed by atoms with Gasteiger partial charge in [-0.1, -0.05) is 0 Å². The quantitative estimate of drug-likeness (QED) is 0.655. The van der Waals surface area contributed by atoms with Crippen LogP contribution in [0.25, 0.3) is 22.5 Å². The van der Waals surface area contributed by atoms with Gasteiger partial charge in [0.05, 0.1) is 29.5 Å². The van der Waals surface area contributed by atoms with E-state index in [0.717, 1.165) is 5.56 Å². The third-order valence-electron chi connectivity index (χ3n) is 4.14. The van der Waals surface area contributed by atoms with Crippen molar-refractivity contribution in [3.05, 3.63) is 41.2 Å². The first-order valence-corrected chi connectivity index (χ1v) is 7.17. The molecule has 0 aliphatic heterocycles. The maximum atomic E-state index is 11.5. The zero-order valence-electron chi connectivity index (χ0n) is 12.3. The van der Waals surface area contributed by atoms with Gasteiger partial charge in [0.1, 0.15) is 35.0 Å². The number of aromatic carboxylic acids is 1. The van der Waals surface area contributed by atoms with Crippen LogP contribution in [-0.2, 0) is 12.8 Å². The summed E-state index contributed by atoms with van der Waals surface area (Å²) in [6, 6.07) is 2.08. The first-order chi connectivity index (χ1) is 11.6. The summed E-state index contributed by atoms with van der Waals surface area (Å²) in [5, 5.41) is 18.9. The molecule has 0 spiro atoms. The fourth-order valence-corrected chi connectivity index (χ4v) is 3.13. The number of nitriles is 1. The number of nitrogens with one attached hydrogen (secondary N) is 1. The van der Waals surface area contributed by atoms with Crippen molar-refractivity contribution in [3.8, 4) is 28.6 Å². The van der Waals surface area contributed by atoms with Crippen LogP contribution in [0.15, 0.2) is 23.2 Å². The van der Waals surface area contributed by atoms with Crippen molar-refractivity contribution in [2.45, 2.75) is 12.8 Å². The Morgan fingerprint density at radius 1 is 1.42 bits per heavy atom. The number of H-pyrrole nitrogens is 1. The summed E-state index contributed by atoms with van der Waals surface area (Å²) in [7, 11) is 0. The number of carbonyl (C=O) groups is 1. The molecule has 3 heterocycles. The van der Waals surface area contributed by atoms with Crippen molar-refractivity contribution in [2.75, 3.05) is 5.73 Å². The summed E-state index contributed by atoms with van der Waals surface area (Å²) in [5.41, 5.74) is 9.16. The SMILES string of the molecule is N#Cc1c(N)nc2c(c1-c1cnc[nH]1)CCc1occ(C(=O)O)c1-2. The first-order valence-electron chi connectivity index (χ1n) is 7.17. The number of nitrogen functional groups attached to an aromatic ring is 1. The second-order valence-electron chi connectivity index (χ2n) is 5.40. The van der Waals surface area contributed by atoms with Crippen LogP contribution < -0.4 is 5.73 Å². The van der Waals surface area contributed by atoms with E-state index in [1.54, 1.807) is 6.20 Å². The van der Waals surface area contributed by atoms with Gasteiger partial charge in [-0.15, -0.1) is 0 Å². The minimum absolute atomic E-state index is 0.0399. The zero-order valence-corrected chi connectivity index (χ0v) is 12.3. The molecule has 0 aromatic carbocycles. The first kappa shape index (κ1) is 14.0. The zero-order chi connectivity index (χ0) is 16.8. The number of aromatic nitrogens is 3. The van der Waals surface area contributed by atoms with E-state index in [4.69, 9.17) is 10.2 Å². The summed E-state index contributed by atoms with van der Waals surface area (Å²) in [4.78, 5) is 22.8. The Balaban J connectivity index is 2.09. The highest BCUT2D eigenvalue weighted by molar-refractivity contribution is 5.98. The third-order valence-corrected chi connectivity index (χ3v) is 4.14. The van der Waals surface area contributed by atoms with E-state index in [1.807, 2.05) is 0 Å². The number of rotatable bonds is 2. The maximum absolute atomic E-state index is 11.5. The number of fused-ring (bicyclic) bond motifs is 3. The van der Waals surface area contributed by atoms with Crippen LogP contribution in [0.5, 0.6) is 0 Å². The number of hydrogen-bond donors (Lipinski definition) is 3. The Labute approximate surface area is 135 Å². The third kappa shape index (κ3) is 1.82. The van der Waals surface area contributed by atoms with E-state index in [9.17, 15) is 15.2 Å². The van der Waals surface area contributed by atoms with Crippen molar-refractivity contribution in [1.29, 1.82) is 5.26 Å². The topological polar surface area (TPSA) is 142 Å². The van der Waals surface area contributed by atoms with Gasteiger partial charge in [0.25, 0.3) is 0 Å². The molecule has 0 saturated heterocycles. The number of furan rings is 1. The minimum Gasteiger partial charge on any atom is -0.478 e. The van der Waals surface area contributed by atoms with Crippen LogP contribution in [0.1, 0.15) is 27.2 Å². The van der Waals surface area contributed by atoms with Crippen molar-refractivity contribution in [1.82, 2.24) is 15.0 Å². The monoisotopic (exact) mass is 321 g/mol. The van der Waals surface area contributed by atoms with Gasteiger partial charge in [-0.05, 0) is 12.0 Å². The van der Waals surface area contributed by atoms with Crippen LogP contribution in [0.4, 0.5) is 5.82 Å². The smallest absolute Gasteiger partial charge is 0.339 e. The molecular formula is C16H11N5O3. The minimum atomic E-state index is -1.10. The highest BCUT2D eigenvalue weighted by atomic mass is 16.4. The van der Waals surface area contributed by atoms with Crippen LogP contribution in [0.3, 0.4) is 0 Å². The Morgan fingerprint density at radius 2 is 2.25 bits per heavy atom. The fraction of sp³-hybridized carbons (Fsp3) is 0.125. The van der Waals surface area contributed by atoms with E-state index < -0.39 is 5.97 Å². The lowest BCUT2D eigenvalue weighted by atomic mass is 9.86. The number of carboxylic acid groups (broad SMARTS) is 1. The number of nitrogens with zero attached hydrogens (tertiary/aromatic N) is 3. The molecule has 0 fully saturated rings. The normalized spacial score (nSPS) is 12.3. The number of carboxylic acids is 1. The van der Waals surface area contributed by atoms with Gasteiger partial charge >= 0.3 is 5.97 Å². The number of anilines is 1. The van der Waals surface area contributed by atoms with E-state index in [2.05, 4.69) is 21.0 Å². The molecule has 1 aliphatic carbocycles. The summed E-state index contributed by atoms with van der Waals surface area (Å²) < 4.78 is 5.39. The highest BCUT2D eigenvalue weighted by Crippen LogP contribution is 2.42. The lowest BCUT2D eigenvalue weighted by Gasteiger charge is -2.20. The summed E-state index contributed by atoms with van der Waals surface area (Å²) in [6.45, 7) is 0. The Hall–Kier alpha value is -3.60. The maximum Gasteiger partial charge on any atom is 0.339 e. The number of aromatic amines is 1. The predicted octanol–water partition coefficient (Wildman–Crippen LogP) is 1.98. The molecular weight excluding hydrogens is 310 g/mol. The van der Waals surface area contributed by atoms with Crippen LogP contribution in [0.2, 0.25) is 0 Å². The fourth-order valence-electron chi connectivity index (χ4n) is 3.13. The summed E-state index contributed by atoms with van der Waals surface area (Å²) >= 11 is 0. The molecule has 8 nitrogen and oxygen atoms in total. The van der Waals surface area contributed by atoms with E-state index in [0.29, 0.717) is 41.1 Å². The molecule has 3 aromatic heterocycles. The van der Waals surface area contributed by atoms with Crippen LogP contribution in [-0.4, -0.2) is 26.0 Å². The Morgan fingerprint density at radius 3 is 2.92 bits per heavy atom. The van der Waals surface area contributed by atoms with E-state index in [-0.39, 0.29) is 16.9 Å². The second kappa shape index (κ2) is 4.96. The molecule has 3 aromatic rings. The van der Waals surface area contributed by atoms with Crippen molar-refractivity contribution < 1.29 is 14.3 Å². The van der Waals surface area contributed by atoms with Gasteiger partial charge in [0.2, 0.25) is 0 Å². The van der Waals surface area contributed by atoms with Crippen molar-refractivity contribution >= 4 is 11.8 Å². The molecule has 4 N–H and O–H groups in total. The van der Waals surface area contributed by atoms with Crippen LogP contribution in [0, 0.1) is 11.3 Å². The molecule has 0 radical (unpaired) electrons. The van der Waals surface area contributed by atoms with Crippen molar-refractivity contribution in [2.24, 2.45) is 0 Å². The average Bonchev–Trinajstić information content (AvgIpc) is 3.23. The van der Waals surface area contributed by atoms with Gasteiger partial charge < -0.3 is 20.2 Å². The molecule has 0 bridgehead atoms. The predicted molar refractivity (Wildman–Crippen MR) is 83.0 cm³/mol. The van der Waals surface area contributed by atoms with Gasteiger partial charge in [-0.2, -0.15) is 5.26 Å². The standard InChI is InChI=1S/C16H11N5O3/c17-3-8-12(10-4-19-6-20-10)7-1-2-11-13(14(7)21-15(8)18)9(5-24-11)16(22)23/h4-6H,1-2H2,(H2,18,21)(H,19,20)(H,22,23). The number of pyridine rings is 1. The Kier molecular flexibility index (Phi) is 2.90. The lowest BCUT2D eigenvalue weighted by molar-refractivity contribution is 0.0697. The molecule has 0 unspecified atom stereocenters. The number of nitrogens with two attached hydrogens (primary N) is 1. The average molecular weight is 321 g/mol.